The van der Waals surface area contributed by atoms with Gasteiger partial charge in [0.05, 0.1) is 5.92 Å². The van der Waals surface area contributed by atoms with Crippen molar-refractivity contribution in [3.8, 4) is 0 Å². The van der Waals surface area contributed by atoms with Gasteiger partial charge in [-0.3, -0.25) is 9.69 Å². The fourth-order valence-corrected chi connectivity index (χ4v) is 4.37. The van der Waals surface area contributed by atoms with E-state index in [1.807, 2.05) is 36.4 Å². The lowest BCUT2D eigenvalue weighted by Gasteiger charge is -2.39. The SMILES string of the molecule is O=C1NC2(CCN(Cc3ccccc3Cl)CC2)C[C@@H]1c1ccccc1. The van der Waals surface area contributed by atoms with Gasteiger partial charge in [-0.15, -0.1) is 0 Å². The van der Waals surface area contributed by atoms with E-state index >= 15 is 0 Å². The van der Waals surface area contributed by atoms with Crippen molar-refractivity contribution < 1.29 is 4.79 Å². The normalized spacial score (nSPS) is 22.9. The number of nitrogens with one attached hydrogen (secondary N) is 1. The number of amides is 1. The van der Waals surface area contributed by atoms with E-state index < -0.39 is 0 Å². The number of benzene rings is 2. The first-order chi connectivity index (χ1) is 12.2. The Morgan fingerprint density at radius 2 is 1.72 bits per heavy atom. The van der Waals surface area contributed by atoms with E-state index in [1.54, 1.807) is 0 Å². The van der Waals surface area contributed by atoms with E-state index in [1.165, 1.54) is 5.56 Å². The van der Waals surface area contributed by atoms with Crippen molar-refractivity contribution in [2.75, 3.05) is 13.1 Å². The van der Waals surface area contributed by atoms with Crippen LogP contribution in [0.2, 0.25) is 5.02 Å². The van der Waals surface area contributed by atoms with E-state index in [2.05, 4.69) is 28.4 Å². The third-order valence-corrected chi connectivity index (χ3v) is 6.04. The van der Waals surface area contributed by atoms with Crippen LogP contribution in [0.3, 0.4) is 0 Å². The second kappa shape index (κ2) is 6.81. The number of likely N-dealkylation sites (tertiary alicyclic amines) is 1. The molecule has 4 rings (SSSR count). The van der Waals surface area contributed by atoms with Crippen LogP contribution in [0.4, 0.5) is 0 Å². The van der Waals surface area contributed by atoms with E-state index in [0.29, 0.717) is 0 Å². The number of carbonyl (C=O) groups excluding carboxylic acids is 1. The van der Waals surface area contributed by atoms with Gasteiger partial charge in [0.15, 0.2) is 0 Å². The zero-order chi connectivity index (χ0) is 17.3. The van der Waals surface area contributed by atoms with Crippen LogP contribution >= 0.6 is 11.6 Å². The average Bonchev–Trinajstić information content (AvgIpc) is 2.96. The molecular weight excluding hydrogens is 332 g/mol. The molecule has 1 N–H and O–H groups in total. The van der Waals surface area contributed by atoms with Crippen molar-refractivity contribution in [2.45, 2.75) is 37.3 Å². The maximum absolute atomic E-state index is 12.5. The minimum absolute atomic E-state index is 0.00341. The highest BCUT2D eigenvalue weighted by atomic mass is 35.5. The molecule has 0 bridgehead atoms. The first-order valence-electron chi connectivity index (χ1n) is 8.98. The molecule has 2 aromatic rings. The van der Waals surface area contributed by atoms with Gasteiger partial charge in [0, 0.05) is 30.2 Å². The number of rotatable bonds is 3. The van der Waals surface area contributed by atoms with E-state index in [9.17, 15) is 4.79 Å². The maximum atomic E-state index is 12.5. The zero-order valence-electron chi connectivity index (χ0n) is 14.2. The molecule has 1 atom stereocenters. The third-order valence-electron chi connectivity index (χ3n) is 5.67. The van der Waals surface area contributed by atoms with Crippen LogP contribution in [0.25, 0.3) is 0 Å². The predicted molar refractivity (Wildman–Crippen MR) is 101 cm³/mol. The van der Waals surface area contributed by atoms with Gasteiger partial charge in [0.25, 0.3) is 0 Å². The number of hydrogen-bond acceptors (Lipinski definition) is 2. The van der Waals surface area contributed by atoms with Gasteiger partial charge in [-0.05, 0) is 36.5 Å². The summed E-state index contributed by atoms with van der Waals surface area (Å²) < 4.78 is 0. The molecule has 2 aliphatic heterocycles. The standard InChI is InChI=1S/C21H23ClN2O/c22-19-9-5-4-8-17(19)15-24-12-10-21(11-13-24)14-18(20(25)23-21)16-6-2-1-3-7-16/h1-9,18H,10-15H2,(H,23,25)/t18-/m1/s1. The summed E-state index contributed by atoms with van der Waals surface area (Å²) in [6.07, 6.45) is 2.93. The number of piperidine rings is 1. The lowest BCUT2D eigenvalue weighted by Crippen LogP contribution is -2.50. The van der Waals surface area contributed by atoms with Gasteiger partial charge in [-0.2, -0.15) is 0 Å². The third kappa shape index (κ3) is 3.44. The molecule has 25 heavy (non-hydrogen) atoms. The van der Waals surface area contributed by atoms with Crippen molar-refractivity contribution in [2.24, 2.45) is 0 Å². The Morgan fingerprint density at radius 1 is 1.04 bits per heavy atom. The highest BCUT2D eigenvalue weighted by molar-refractivity contribution is 6.31. The summed E-state index contributed by atoms with van der Waals surface area (Å²) in [5.41, 5.74) is 2.28. The Balaban J connectivity index is 1.40. The molecule has 0 aromatic heterocycles. The first kappa shape index (κ1) is 16.6. The Morgan fingerprint density at radius 3 is 2.44 bits per heavy atom. The molecule has 2 fully saturated rings. The highest BCUT2D eigenvalue weighted by Gasteiger charge is 2.46. The second-order valence-corrected chi connectivity index (χ2v) is 7.71. The minimum Gasteiger partial charge on any atom is -0.350 e. The lowest BCUT2D eigenvalue weighted by atomic mass is 9.82. The molecule has 0 aliphatic carbocycles. The molecule has 1 amide bonds. The molecule has 2 aliphatic rings. The molecule has 2 heterocycles. The average molecular weight is 355 g/mol. The highest BCUT2D eigenvalue weighted by Crippen LogP contribution is 2.39. The Bertz CT molecular complexity index is 754. The minimum atomic E-state index is -0.0332. The van der Waals surface area contributed by atoms with Gasteiger partial charge < -0.3 is 5.32 Å². The molecule has 0 radical (unpaired) electrons. The van der Waals surface area contributed by atoms with Crippen molar-refractivity contribution in [1.29, 1.82) is 0 Å². The van der Waals surface area contributed by atoms with Crippen LogP contribution in [-0.4, -0.2) is 29.4 Å². The van der Waals surface area contributed by atoms with Gasteiger partial charge >= 0.3 is 0 Å². The summed E-state index contributed by atoms with van der Waals surface area (Å²) in [5.74, 6) is 0.182. The van der Waals surface area contributed by atoms with Crippen LogP contribution in [0.5, 0.6) is 0 Å². The van der Waals surface area contributed by atoms with E-state index in [4.69, 9.17) is 11.6 Å². The fourth-order valence-electron chi connectivity index (χ4n) is 4.17. The zero-order valence-corrected chi connectivity index (χ0v) is 15.0. The maximum Gasteiger partial charge on any atom is 0.228 e. The summed E-state index contributed by atoms with van der Waals surface area (Å²) in [4.78, 5) is 15.0. The molecule has 4 heteroatoms. The Labute approximate surface area is 154 Å². The molecule has 2 aromatic carbocycles. The van der Waals surface area contributed by atoms with Crippen LogP contribution in [-0.2, 0) is 11.3 Å². The summed E-state index contributed by atoms with van der Waals surface area (Å²) in [6, 6.07) is 18.2. The monoisotopic (exact) mass is 354 g/mol. The topological polar surface area (TPSA) is 32.3 Å². The van der Waals surface area contributed by atoms with Crippen LogP contribution < -0.4 is 5.32 Å². The largest absolute Gasteiger partial charge is 0.350 e. The van der Waals surface area contributed by atoms with Crippen LogP contribution in [0.15, 0.2) is 54.6 Å². The molecule has 130 valence electrons. The van der Waals surface area contributed by atoms with Crippen molar-refractivity contribution >= 4 is 17.5 Å². The van der Waals surface area contributed by atoms with Crippen LogP contribution in [0.1, 0.15) is 36.3 Å². The van der Waals surface area contributed by atoms with Crippen molar-refractivity contribution in [3.63, 3.8) is 0 Å². The predicted octanol–water partition coefficient (Wildman–Crippen LogP) is 3.98. The molecule has 1 spiro atoms. The number of hydrogen-bond donors (Lipinski definition) is 1. The Kier molecular flexibility index (Phi) is 4.53. The van der Waals surface area contributed by atoms with Gasteiger partial charge in [-0.25, -0.2) is 0 Å². The van der Waals surface area contributed by atoms with Gasteiger partial charge in [-0.1, -0.05) is 60.1 Å². The van der Waals surface area contributed by atoms with Crippen molar-refractivity contribution in [1.82, 2.24) is 10.2 Å². The number of carbonyl (C=O) groups is 1. The number of halogens is 1. The smallest absolute Gasteiger partial charge is 0.228 e. The lowest BCUT2D eigenvalue weighted by molar-refractivity contribution is -0.121. The fraction of sp³-hybridized carbons (Fsp3) is 0.381. The summed E-state index contributed by atoms with van der Waals surface area (Å²) >= 11 is 6.29. The van der Waals surface area contributed by atoms with Crippen LogP contribution in [0, 0.1) is 0 Å². The second-order valence-electron chi connectivity index (χ2n) is 7.30. The van der Waals surface area contributed by atoms with E-state index in [0.717, 1.165) is 49.5 Å². The first-order valence-corrected chi connectivity index (χ1v) is 9.36. The van der Waals surface area contributed by atoms with Crippen molar-refractivity contribution in [3.05, 3.63) is 70.7 Å². The molecule has 2 saturated heterocycles. The summed E-state index contributed by atoms with van der Waals surface area (Å²) in [6.45, 7) is 2.87. The molecule has 3 nitrogen and oxygen atoms in total. The Hall–Kier alpha value is -1.84. The van der Waals surface area contributed by atoms with Gasteiger partial charge in [0.1, 0.15) is 0 Å². The summed E-state index contributed by atoms with van der Waals surface area (Å²) in [5, 5.41) is 4.16. The molecular formula is C21H23ClN2O. The van der Waals surface area contributed by atoms with E-state index in [-0.39, 0.29) is 17.4 Å². The molecule has 0 unspecified atom stereocenters. The summed E-state index contributed by atoms with van der Waals surface area (Å²) in [7, 11) is 0. The van der Waals surface area contributed by atoms with Gasteiger partial charge in [0.2, 0.25) is 5.91 Å². The quantitative estimate of drug-likeness (QED) is 0.904. The number of nitrogens with zero attached hydrogens (tertiary/aromatic N) is 1. The molecule has 0 saturated carbocycles.